The average Bonchev–Trinajstić information content (AvgIpc) is 2.96. The molecule has 0 aliphatic carbocycles. The van der Waals surface area contributed by atoms with Crippen LogP contribution < -0.4 is 19.8 Å². The molecular weight excluding hydrogens is 480 g/mol. The van der Waals surface area contributed by atoms with Crippen LogP contribution in [-0.4, -0.2) is 63.4 Å². The maximum absolute atomic E-state index is 13.0. The fraction of sp³-hybridized carbons (Fsp3) is 0.323. The number of nitrogens with zero attached hydrogens (tertiary/aromatic N) is 2. The smallest absolute Gasteiger partial charge is 0.347 e. The van der Waals surface area contributed by atoms with Gasteiger partial charge in [0.15, 0.2) is 0 Å². The van der Waals surface area contributed by atoms with Gasteiger partial charge in [0.2, 0.25) is 0 Å². The summed E-state index contributed by atoms with van der Waals surface area (Å²) >= 11 is 0. The van der Waals surface area contributed by atoms with Gasteiger partial charge in [0.05, 0.1) is 26.2 Å². The number of benzene rings is 3. The van der Waals surface area contributed by atoms with Gasteiger partial charge < -0.3 is 23.5 Å². The Morgan fingerprint density at radius 3 is 2.21 bits per heavy atom. The van der Waals surface area contributed by atoms with E-state index in [-0.39, 0.29) is 0 Å². The highest BCUT2D eigenvalue weighted by Crippen LogP contribution is 2.35. The third kappa shape index (κ3) is 6.01. The van der Waals surface area contributed by atoms with Crippen molar-refractivity contribution in [3.8, 4) is 28.4 Å². The Balaban J connectivity index is 1.20. The minimum atomic E-state index is -0.417. The molecule has 38 heavy (non-hydrogen) atoms. The van der Waals surface area contributed by atoms with Crippen molar-refractivity contribution >= 4 is 11.0 Å². The summed E-state index contributed by atoms with van der Waals surface area (Å²) in [5.74, 6) is 2.08. The molecule has 1 aliphatic rings. The Kier molecular flexibility index (Phi) is 8.26. The van der Waals surface area contributed by atoms with E-state index in [0.717, 1.165) is 62.4 Å². The molecule has 0 saturated carbocycles. The zero-order chi connectivity index (χ0) is 26.3. The fourth-order valence-electron chi connectivity index (χ4n) is 4.91. The first kappa shape index (κ1) is 25.8. The molecule has 5 rings (SSSR count). The monoisotopic (exact) mass is 514 g/mol. The molecule has 1 aromatic heterocycles. The van der Waals surface area contributed by atoms with Crippen molar-refractivity contribution in [2.75, 3.05) is 53.6 Å². The van der Waals surface area contributed by atoms with Gasteiger partial charge in [-0.3, -0.25) is 4.90 Å². The molecule has 198 valence electrons. The number of hydrogen-bond acceptors (Lipinski definition) is 7. The van der Waals surface area contributed by atoms with E-state index in [4.69, 9.17) is 18.6 Å². The summed E-state index contributed by atoms with van der Waals surface area (Å²) in [6.45, 7) is 6.55. The summed E-state index contributed by atoms with van der Waals surface area (Å²) in [6, 6.07) is 23.3. The van der Waals surface area contributed by atoms with E-state index in [1.54, 1.807) is 20.3 Å². The molecule has 7 nitrogen and oxygen atoms in total. The Bertz CT molecular complexity index is 1390. The molecule has 0 radical (unpaired) electrons. The lowest BCUT2D eigenvalue weighted by atomic mass is 10.0. The van der Waals surface area contributed by atoms with Gasteiger partial charge in [-0.25, -0.2) is 4.79 Å². The molecule has 1 aliphatic heterocycles. The maximum Gasteiger partial charge on any atom is 0.347 e. The van der Waals surface area contributed by atoms with Crippen LogP contribution in [0.2, 0.25) is 0 Å². The van der Waals surface area contributed by atoms with E-state index in [1.165, 1.54) is 5.56 Å². The zero-order valence-corrected chi connectivity index (χ0v) is 22.0. The topological polar surface area (TPSA) is 64.4 Å². The molecule has 0 amide bonds. The predicted molar refractivity (Wildman–Crippen MR) is 149 cm³/mol. The first-order valence-electron chi connectivity index (χ1n) is 13.1. The Hall–Kier alpha value is -3.81. The number of piperazine rings is 1. The van der Waals surface area contributed by atoms with Gasteiger partial charge in [0.1, 0.15) is 28.4 Å². The summed E-state index contributed by atoms with van der Waals surface area (Å²) in [5, 5.41) is 0.761. The number of methoxy groups -OCH3 is 2. The first-order chi connectivity index (χ1) is 18.6. The van der Waals surface area contributed by atoms with Gasteiger partial charge in [-0.2, -0.15) is 0 Å². The van der Waals surface area contributed by atoms with Gasteiger partial charge in [-0.1, -0.05) is 42.5 Å². The molecule has 3 aromatic carbocycles. The molecule has 0 atom stereocenters. The molecule has 4 aromatic rings. The molecule has 0 N–H and O–H groups in total. The minimum Gasteiger partial charge on any atom is -0.497 e. The normalized spacial score (nSPS) is 14.5. The standard InChI is InChI=1S/C31H34N2O5/c1-35-25-11-9-23(10-12-25)22-33-18-16-32(17-19-33)15-6-20-37-30-27-14-13-26(36-2)21-28(27)38-31(34)29(30)24-7-4-3-5-8-24/h3-5,7-14,21H,6,15-20,22H2,1-2H3. The summed E-state index contributed by atoms with van der Waals surface area (Å²) in [6.07, 6.45) is 0.866. The van der Waals surface area contributed by atoms with Crippen molar-refractivity contribution < 1.29 is 18.6 Å². The van der Waals surface area contributed by atoms with Crippen molar-refractivity contribution in [2.45, 2.75) is 13.0 Å². The number of ether oxygens (including phenoxy) is 3. The third-order valence-corrected chi connectivity index (χ3v) is 7.02. The van der Waals surface area contributed by atoms with E-state index in [0.29, 0.717) is 29.3 Å². The van der Waals surface area contributed by atoms with Crippen molar-refractivity contribution in [2.24, 2.45) is 0 Å². The van der Waals surface area contributed by atoms with Crippen molar-refractivity contribution in [1.29, 1.82) is 0 Å². The number of fused-ring (bicyclic) bond motifs is 1. The second-order valence-electron chi connectivity index (χ2n) is 9.49. The second kappa shape index (κ2) is 12.2. The van der Waals surface area contributed by atoms with Crippen LogP contribution in [0.15, 0.2) is 82.0 Å². The van der Waals surface area contributed by atoms with Crippen molar-refractivity contribution in [3.63, 3.8) is 0 Å². The molecule has 0 bridgehead atoms. The molecule has 1 saturated heterocycles. The van der Waals surface area contributed by atoms with Gasteiger partial charge >= 0.3 is 5.63 Å². The lowest BCUT2D eigenvalue weighted by Crippen LogP contribution is -2.46. The number of rotatable bonds is 10. The molecule has 1 fully saturated rings. The lowest BCUT2D eigenvalue weighted by Gasteiger charge is -2.34. The highest BCUT2D eigenvalue weighted by atomic mass is 16.5. The Labute approximate surface area is 223 Å². The maximum atomic E-state index is 13.0. The van der Waals surface area contributed by atoms with Gasteiger partial charge in [-0.15, -0.1) is 0 Å². The summed E-state index contributed by atoms with van der Waals surface area (Å²) < 4.78 is 22.6. The molecular formula is C31H34N2O5. The first-order valence-corrected chi connectivity index (χ1v) is 13.1. The van der Waals surface area contributed by atoms with E-state index in [1.807, 2.05) is 54.6 Å². The van der Waals surface area contributed by atoms with E-state index < -0.39 is 5.63 Å². The SMILES string of the molecule is COc1ccc(CN2CCN(CCCOc3c(-c4ccccc4)c(=O)oc4cc(OC)ccc34)CC2)cc1. The van der Waals surface area contributed by atoms with Crippen molar-refractivity contribution in [1.82, 2.24) is 9.80 Å². The van der Waals surface area contributed by atoms with E-state index in [2.05, 4.69) is 21.9 Å². The van der Waals surface area contributed by atoms with Gasteiger partial charge in [0.25, 0.3) is 0 Å². The largest absolute Gasteiger partial charge is 0.497 e. The van der Waals surface area contributed by atoms with Crippen LogP contribution >= 0.6 is 0 Å². The fourth-order valence-corrected chi connectivity index (χ4v) is 4.91. The zero-order valence-electron chi connectivity index (χ0n) is 22.0. The summed E-state index contributed by atoms with van der Waals surface area (Å²) in [7, 11) is 3.28. The average molecular weight is 515 g/mol. The highest BCUT2D eigenvalue weighted by Gasteiger charge is 2.20. The highest BCUT2D eigenvalue weighted by molar-refractivity contribution is 5.91. The van der Waals surface area contributed by atoms with Crippen LogP contribution in [0.4, 0.5) is 0 Å². The van der Waals surface area contributed by atoms with Crippen LogP contribution in [-0.2, 0) is 6.54 Å². The van der Waals surface area contributed by atoms with Gasteiger partial charge in [-0.05, 0) is 41.8 Å². The second-order valence-corrected chi connectivity index (χ2v) is 9.49. The summed E-state index contributed by atoms with van der Waals surface area (Å²) in [4.78, 5) is 18.0. The molecule has 7 heteroatoms. The molecule has 0 unspecified atom stereocenters. The van der Waals surface area contributed by atoms with Crippen molar-refractivity contribution in [3.05, 3.63) is 88.8 Å². The third-order valence-electron chi connectivity index (χ3n) is 7.02. The van der Waals surface area contributed by atoms with Crippen LogP contribution in [0.3, 0.4) is 0 Å². The summed E-state index contributed by atoms with van der Waals surface area (Å²) in [5.41, 5.74) is 2.58. The minimum absolute atomic E-state index is 0.417. The predicted octanol–water partition coefficient (Wildman–Crippen LogP) is 5.06. The number of hydrogen-bond donors (Lipinski definition) is 0. The van der Waals surface area contributed by atoms with Crippen LogP contribution in [0, 0.1) is 0 Å². The van der Waals surface area contributed by atoms with E-state index >= 15 is 0 Å². The van der Waals surface area contributed by atoms with Crippen LogP contribution in [0.25, 0.3) is 22.1 Å². The Morgan fingerprint density at radius 1 is 0.816 bits per heavy atom. The molecule has 0 spiro atoms. The lowest BCUT2D eigenvalue weighted by molar-refractivity contribution is 0.121. The van der Waals surface area contributed by atoms with Crippen LogP contribution in [0.1, 0.15) is 12.0 Å². The van der Waals surface area contributed by atoms with Crippen LogP contribution in [0.5, 0.6) is 17.2 Å². The van der Waals surface area contributed by atoms with E-state index in [9.17, 15) is 4.79 Å². The molecule has 2 heterocycles. The Morgan fingerprint density at radius 2 is 1.50 bits per heavy atom. The quantitative estimate of drug-likeness (QED) is 0.216. The van der Waals surface area contributed by atoms with Gasteiger partial charge in [0, 0.05) is 45.3 Å².